The van der Waals surface area contributed by atoms with E-state index in [4.69, 9.17) is 4.42 Å². The Kier molecular flexibility index (Phi) is 6.79. The van der Waals surface area contributed by atoms with Crippen LogP contribution in [-0.2, 0) is 18.8 Å². The summed E-state index contributed by atoms with van der Waals surface area (Å²) in [5, 5.41) is 3.04. The van der Waals surface area contributed by atoms with Gasteiger partial charge in [-0.1, -0.05) is 30.0 Å². The molecule has 0 unspecified atom stereocenters. The van der Waals surface area contributed by atoms with E-state index in [0.717, 1.165) is 0 Å². The number of thioether (sulfide) groups is 1. The quantitative estimate of drug-likeness (QED) is 0.670. The predicted octanol–water partition coefficient (Wildman–Crippen LogP) is 4.63. The van der Waals surface area contributed by atoms with E-state index in [1.54, 1.807) is 30.3 Å². The van der Waals surface area contributed by atoms with Crippen LogP contribution in [0.4, 0.5) is 17.6 Å². The van der Waals surface area contributed by atoms with E-state index in [1.807, 2.05) is 0 Å². The molecular formula is C15H15F4NO2S. The fourth-order valence-corrected chi connectivity index (χ4v) is 2.37. The Bertz CT molecular complexity index is 607. The monoisotopic (exact) mass is 349 g/mol. The van der Waals surface area contributed by atoms with Crippen LogP contribution in [0.2, 0.25) is 0 Å². The van der Waals surface area contributed by atoms with Gasteiger partial charge in [-0.3, -0.25) is 0 Å². The van der Waals surface area contributed by atoms with E-state index >= 15 is 0 Å². The van der Waals surface area contributed by atoms with Gasteiger partial charge in [0.1, 0.15) is 17.3 Å². The summed E-state index contributed by atoms with van der Waals surface area (Å²) in [7, 11) is 0. The first-order valence-electron chi connectivity index (χ1n) is 6.75. The molecule has 8 heteroatoms. The molecule has 0 aliphatic heterocycles. The summed E-state index contributed by atoms with van der Waals surface area (Å²) in [5.41, 5.74) is 0.591. The number of nitrogens with one attached hydrogen (secondary N) is 1. The van der Waals surface area contributed by atoms with Gasteiger partial charge in [-0.25, -0.2) is 0 Å². The molecule has 0 radical (unpaired) electrons. The highest BCUT2D eigenvalue weighted by Gasteiger charge is 2.10. The van der Waals surface area contributed by atoms with Crippen LogP contribution in [0.3, 0.4) is 0 Å². The Morgan fingerprint density at radius 1 is 1.00 bits per heavy atom. The maximum absolute atomic E-state index is 12.3. The van der Waals surface area contributed by atoms with E-state index < -0.39 is 12.4 Å². The molecule has 1 aromatic heterocycles. The summed E-state index contributed by atoms with van der Waals surface area (Å²) in [6.45, 7) is -2.22. The van der Waals surface area contributed by atoms with Gasteiger partial charge in [-0.05, 0) is 18.2 Å². The molecule has 3 nitrogen and oxygen atoms in total. The van der Waals surface area contributed by atoms with Crippen LogP contribution >= 0.6 is 11.8 Å². The highest BCUT2D eigenvalue weighted by Crippen LogP contribution is 2.22. The van der Waals surface area contributed by atoms with Crippen molar-refractivity contribution in [2.45, 2.75) is 31.2 Å². The van der Waals surface area contributed by atoms with Gasteiger partial charge in [0.15, 0.2) is 0 Å². The van der Waals surface area contributed by atoms with Crippen molar-refractivity contribution in [3.8, 4) is 5.75 Å². The summed E-state index contributed by atoms with van der Waals surface area (Å²) in [6.07, 6.45) is 0. The summed E-state index contributed by atoms with van der Waals surface area (Å²) in [5.74, 6) is -1.17. The van der Waals surface area contributed by atoms with Gasteiger partial charge < -0.3 is 14.5 Å². The number of halogens is 4. The SMILES string of the molecule is FC(F)Oc1ccccc1CNCc1ccc(CSC(F)F)o1. The largest absolute Gasteiger partial charge is 0.464 e. The first-order chi connectivity index (χ1) is 11.0. The Labute approximate surface area is 135 Å². The van der Waals surface area contributed by atoms with Crippen molar-refractivity contribution in [2.24, 2.45) is 0 Å². The van der Waals surface area contributed by atoms with Crippen LogP contribution in [0.5, 0.6) is 5.75 Å². The molecule has 2 aromatic rings. The molecule has 0 amide bonds. The van der Waals surface area contributed by atoms with E-state index in [0.29, 0.717) is 41.9 Å². The fourth-order valence-electron chi connectivity index (χ4n) is 1.92. The predicted molar refractivity (Wildman–Crippen MR) is 79.6 cm³/mol. The molecule has 0 saturated heterocycles. The average Bonchev–Trinajstić information content (AvgIpc) is 2.94. The fraction of sp³-hybridized carbons (Fsp3) is 0.333. The molecule has 0 atom stereocenters. The number of ether oxygens (including phenoxy) is 1. The van der Waals surface area contributed by atoms with Gasteiger partial charge in [0.2, 0.25) is 0 Å². The summed E-state index contributed by atoms with van der Waals surface area (Å²) >= 11 is 0.491. The molecule has 126 valence electrons. The normalized spacial score (nSPS) is 11.4. The van der Waals surface area contributed by atoms with Crippen LogP contribution in [0, 0.1) is 0 Å². The second kappa shape index (κ2) is 8.83. The number of benzene rings is 1. The zero-order valence-electron chi connectivity index (χ0n) is 12.0. The molecule has 0 saturated carbocycles. The number of alkyl halides is 4. The molecule has 23 heavy (non-hydrogen) atoms. The first kappa shape index (κ1) is 17.7. The van der Waals surface area contributed by atoms with E-state index in [2.05, 4.69) is 10.1 Å². The van der Waals surface area contributed by atoms with Crippen molar-refractivity contribution < 1.29 is 26.7 Å². The van der Waals surface area contributed by atoms with Gasteiger partial charge in [-0.2, -0.15) is 17.6 Å². The number of rotatable bonds is 9. The number of para-hydroxylation sites is 1. The Balaban J connectivity index is 1.83. The number of furan rings is 1. The van der Waals surface area contributed by atoms with Crippen molar-refractivity contribution in [1.82, 2.24) is 5.32 Å². The molecule has 0 aliphatic carbocycles. The third-order valence-corrected chi connectivity index (χ3v) is 3.58. The van der Waals surface area contributed by atoms with Gasteiger partial charge in [0.05, 0.1) is 12.3 Å². The first-order valence-corrected chi connectivity index (χ1v) is 7.80. The van der Waals surface area contributed by atoms with E-state index in [-0.39, 0.29) is 11.5 Å². The summed E-state index contributed by atoms with van der Waals surface area (Å²) in [4.78, 5) is 0. The van der Waals surface area contributed by atoms with Crippen molar-refractivity contribution in [1.29, 1.82) is 0 Å². The van der Waals surface area contributed by atoms with Crippen molar-refractivity contribution in [3.05, 3.63) is 53.5 Å². The van der Waals surface area contributed by atoms with Crippen molar-refractivity contribution in [3.63, 3.8) is 0 Å². The average molecular weight is 349 g/mol. The van der Waals surface area contributed by atoms with Gasteiger partial charge in [-0.15, -0.1) is 0 Å². The van der Waals surface area contributed by atoms with Crippen molar-refractivity contribution in [2.75, 3.05) is 0 Å². The van der Waals surface area contributed by atoms with Crippen LogP contribution < -0.4 is 10.1 Å². The molecule has 2 rings (SSSR count). The zero-order valence-corrected chi connectivity index (χ0v) is 12.8. The molecule has 0 fully saturated rings. The lowest BCUT2D eigenvalue weighted by Gasteiger charge is -2.10. The lowest BCUT2D eigenvalue weighted by atomic mass is 10.2. The highest BCUT2D eigenvalue weighted by molar-refractivity contribution is 7.98. The molecule has 0 spiro atoms. The summed E-state index contributed by atoms with van der Waals surface area (Å²) in [6, 6.07) is 9.81. The molecule has 0 bridgehead atoms. The highest BCUT2D eigenvalue weighted by atomic mass is 32.2. The van der Waals surface area contributed by atoms with E-state index in [9.17, 15) is 17.6 Å². The second-order valence-electron chi connectivity index (χ2n) is 4.53. The van der Waals surface area contributed by atoms with Crippen molar-refractivity contribution >= 4 is 11.8 Å². The smallest absolute Gasteiger partial charge is 0.387 e. The summed E-state index contributed by atoms with van der Waals surface area (Å²) < 4.78 is 58.6. The number of hydrogen-bond acceptors (Lipinski definition) is 4. The van der Waals surface area contributed by atoms with E-state index in [1.165, 1.54) is 6.07 Å². The minimum Gasteiger partial charge on any atom is -0.464 e. The van der Waals surface area contributed by atoms with Gasteiger partial charge >= 0.3 is 6.61 Å². The van der Waals surface area contributed by atoms with Gasteiger partial charge in [0.25, 0.3) is 5.76 Å². The molecule has 1 N–H and O–H groups in total. The maximum Gasteiger partial charge on any atom is 0.387 e. The molecular weight excluding hydrogens is 334 g/mol. The minimum atomic E-state index is -2.88. The Hall–Kier alpha value is -1.67. The maximum atomic E-state index is 12.3. The third-order valence-electron chi connectivity index (χ3n) is 2.87. The zero-order chi connectivity index (χ0) is 16.7. The van der Waals surface area contributed by atoms with Crippen LogP contribution in [-0.4, -0.2) is 12.4 Å². The Morgan fingerprint density at radius 2 is 1.74 bits per heavy atom. The molecule has 1 aromatic carbocycles. The second-order valence-corrected chi connectivity index (χ2v) is 5.51. The van der Waals surface area contributed by atoms with Gasteiger partial charge in [0, 0.05) is 12.1 Å². The van der Waals surface area contributed by atoms with Crippen LogP contribution in [0.25, 0.3) is 0 Å². The standard InChI is InChI=1S/C15H15F4NO2S/c16-14(17)22-13-4-2-1-3-10(13)7-20-8-11-5-6-12(21-11)9-23-15(18)19/h1-6,14-15,20H,7-9H2. The lowest BCUT2D eigenvalue weighted by Crippen LogP contribution is -2.14. The number of hydrogen-bond donors (Lipinski definition) is 1. The van der Waals surface area contributed by atoms with Crippen LogP contribution in [0.1, 0.15) is 17.1 Å². The third kappa shape index (κ3) is 6.15. The molecule has 0 aliphatic rings. The topological polar surface area (TPSA) is 34.4 Å². The Morgan fingerprint density at radius 3 is 2.48 bits per heavy atom. The molecule has 1 heterocycles. The van der Waals surface area contributed by atoms with Crippen LogP contribution in [0.15, 0.2) is 40.8 Å². The lowest BCUT2D eigenvalue weighted by molar-refractivity contribution is -0.0505. The minimum absolute atomic E-state index is 0.0999.